The van der Waals surface area contributed by atoms with Gasteiger partial charge in [-0.05, 0) is 23.7 Å². The van der Waals surface area contributed by atoms with Crippen molar-refractivity contribution in [1.82, 2.24) is 9.80 Å². The van der Waals surface area contributed by atoms with Crippen molar-refractivity contribution in [3.05, 3.63) is 12.2 Å². The molecular formula is C22H40N2O2. The Morgan fingerprint density at radius 3 is 1.12 bits per heavy atom. The van der Waals surface area contributed by atoms with Crippen LogP contribution >= 0.6 is 0 Å². The van der Waals surface area contributed by atoms with Crippen LogP contribution in [0.5, 0.6) is 0 Å². The van der Waals surface area contributed by atoms with Crippen LogP contribution in [0.1, 0.15) is 55.4 Å². The molecule has 4 nitrogen and oxygen atoms in total. The van der Waals surface area contributed by atoms with Crippen molar-refractivity contribution in [2.75, 3.05) is 26.2 Å². The van der Waals surface area contributed by atoms with E-state index in [-0.39, 0.29) is 23.7 Å². The van der Waals surface area contributed by atoms with Crippen LogP contribution in [0.3, 0.4) is 0 Å². The van der Waals surface area contributed by atoms with Crippen molar-refractivity contribution in [2.24, 2.45) is 35.5 Å². The van der Waals surface area contributed by atoms with Gasteiger partial charge in [0.05, 0.1) is 11.8 Å². The van der Waals surface area contributed by atoms with Gasteiger partial charge in [0.15, 0.2) is 0 Å². The van der Waals surface area contributed by atoms with Crippen molar-refractivity contribution in [3.8, 4) is 0 Å². The lowest BCUT2D eigenvalue weighted by Gasteiger charge is -2.28. The number of carbonyl (C=O) groups excluding carboxylic acids is 2. The predicted octanol–water partition coefficient (Wildman–Crippen LogP) is 4.07. The van der Waals surface area contributed by atoms with E-state index in [2.05, 4.69) is 62.0 Å². The molecule has 0 aromatic carbocycles. The number of amides is 2. The lowest BCUT2D eigenvalue weighted by Crippen LogP contribution is -2.41. The van der Waals surface area contributed by atoms with Gasteiger partial charge >= 0.3 is 0 Å². The van der Waals surface area contributed by atoms with Gasteiger partial charge < -0.3 is 9.80 Å². The third-order valence-corrected chi connectivity index (χ3v) is 4.52. The number of nitrogens with zero attached hydrogens (tertiary/aromatic N) is 2. The van der Waals surface area contributed by atoms with Crippen molar-refractivity contribution < 1.29 is 9.59 Å². The van der Waals surface area contributed by atoms with Crippen molar-refractivity contribution in [1.29, 1.82) is 0 Å². The van der Waals surface area contributed by atoms with E-state index >= 15 is 0 Å². The highest BCUT2D eigenvalue weighted by Crippen LogP contribution is 2.47. The summed E-state index contributed by atoms with van der Waals surface area (Å²) in [7, 11) is 0. The van der Waals surface area contributed by atoms with E-state index in [1.54, 1.807) is 0 Å². The predicted molar refractivity (Wildman–Crippen MR) is 109 cm³/mol. The Hall–Kier alpha value is -1.32. The molecule has 2 unspecified atom stereocenters. The topological polar surface area (TPSA) is 40.6 Å². The van der Waals surface area contributed by atoms with E-state index in [1.165, 1.54) is 0 Å². The minimum atomic E-state index is -0.318. The van der Waals surface area contributed by atoms with Crippen molar-refractivity contribution in [2.45, 2.75) is 55.4 Å². The average Bonchev–Trinajstić information content (AvgIpc) is 3.13. The molecule has 0 spiro atoms. The summed E-state index contributed by atoms with van der Waals surface area (Å²) in [4.78, 5) is 30.0. The minimum absolute atomic E-state index is 0.0878. The highest BCUT2D eigenvalue weighted by molar-refractivity contribution is 5.99. The molecule has 0 N–H and O–H groups in total. The molecule has 0 aliphatic heterocycles. The SMILES string of the molecule is C=C1C(C(=O)N(CC(C)C)CC(C)C)C1C(=O)N(CC(C)C)CC(C)C. The lowest BCUT2D eigenvalue weighted by molar-refractivity contribution is -0.139. The summed E-state index contributed by atoms with van der Waals surface area (Å²) in [6.45, 7) is 24.0. The molecule has 0 bridgehead atoms. The Morgan fingerprint density at radius 1 is 0.692 bits per heavy atom. The maximum atomic E-state index is 13.1. The first-order chi connectivity index (χ1) is 12.0. The summed E-state index contributed by atoms with van der Waals surface area (Å²) >= 11 is 0. The van der Waals surface area contributed by atoms with Gasteiger partial charge in [-0.3, -0.25) is 9.59 Å². The third kappa shape index (κ3) is 6.44. The second-order valence-corrected chi connectivity index (χ2v) is 9.59. The minimum Gasteiger partial charge on any atom is -0.342 e. The standard InChI is InChI=1S/C22H40N2O2/c1-14(2)10-23(11-15(3)4)21(25)19-18(9)20(19)22(26)24(12-16(5)6)13-17(7)8/h14-17,19-20H,9-13H2,1-8H3. The fraction of sp³-hybridized carbons (Fsp3) is 0.818. The maximum absolute atomic E-state index is 13.1. The van der Waals surface area contributed by atoms with Gasteiger partial charge in [0.2, 0.25) is 11.8 Å². The van der Waals surface area contributed by atoms with E-state index in [0.717, 1.165) is 31.8 Å². The van der Waals surface area contributed by atoms with Crippen LogP contribution < -0.4 is 0 Å². The molecule has 0 radical (unpaired) electrons. The monoisotopic (exact) mass is 364 g/mol. The number of carbonyl (C=O) groups is 2. The highest BCUT2D eigenvalue weighted by Gasteiger charge is 2.55. The second-order valence-electron chi connectivity index (χ2n) is 9.59. The Labute approximate surface area is 161 Å². The van der Waals surface area contributed by atoms with Gasteiger partial charge in [-0.25, -0.2) is 0 Å². The van der Waals surface area contributed by atoms with Crippen LogP contribution in [0.25, 0.3) is 0 Å². The summed E-state index contributed by atoms with van der Waals surface area (Å²) in [5.74, 6) is 1.20. The van der Waals surface area contributed by atoms with E-state index < -0.39 is 0 Å². The quantitative estimate of drug-likeness (QED) is 0.548. The van der Waals surface area contributed by atoms with Crippen LogP contribution in [0.15, 0.2) is 12.2 Å². The molecule has 1 saturated carbocycles. The number of hydrogen-bond donors (Lipinski definition) is 0. The largest absolute Gasteiger partial charge is 0.342 e. The summed E-state index contributed by atoms with van der Waals surface area (Å²) in [5, 5.41) is 0. The zero-order chi connectivity index (χ0) is 20.2. The maximum Gasteiger partial charge on any atom is 0.230 e. The van der Waals surface area contributed by atoms with Crippen molar-refractivity contribution in [3.63, 3.8) is 0 Å². The highest BCUT2D eigenvalue weighted by atomic mass is 16.2. The zero-order valence-electron chi connectivity index (χ0n) is 18.2. The number of rotatable bonds is 10. The Balaban J connectivity index is 2.87. The molecule has 0 saturated heterocycles. The van der Waals surface area contributed by atoms with E-state index in [9.17, 15) is 9.59 Å². The first-order valence-corrected chi connectivity index (χ1v) is 10.2. The van der Waals surface area contributed by atoms with Gasteiger partial charge in [-0.15, -0.1) is 0 Å². The fourth-order valence-electron chi connectivity index (χ4n) is 3.58. The normalized spacial score (nSPS) is 19.6. The first kappa shape index (κ1) is 22.7. The molecule has 0 heterocycles. The van der Waals surface area contributed by atoms with E-state index in [4.69, 9.17) is 0 Å². The summed E-state index contributed by atoms with van der Waals surface area (Å²) in [6, 6.07) is 0. The van der Waals surface area contributed by atoms with Gasteiger partial charge in [0.1, 0.15) is 0 Å². The Morgan fingerprint density at radius 2 is 0.923 bits per heavy atom. The van der Waals surface area contributed by atoms with E-state index in [0.29, 0.717) is 23.7 Å². The van der Waals surface area contributed by atoms with Crippen LogP contribution in [-0.4, -0.2) is 47.8 Å². The third-order valence-electron chi connectivity index (χ3n) is 4.52. The molecule has 2 amide bonds. The zero-order valence-corrected chi connectivity index (χ0v) is 18.2. The summed E-state index contributed by atoms with van der Waals surface area (Å²) in [5.41, 5.74) is 0.801. The van der Waals surface area contributed by atoms with Crippen LogP contribution in [0.4, 0.5) is 0 Å². The molecule has 1 aliphatic carbocycles. The molecule has 0 aromatic heterocycles. The molecule has 26 heavy (non-hydrogen) atoms. The van der Waals surface area contributed by atoms with Crippen LogP contribution in [0.2, 0.25) is 0 Å². The summed E-state index contributed by atoms with van der Waals surface area (Å²) in [6.07, 6.45) is 0. The first-order valence-electron chi connectivity index (χ1n) is 10.2. The number of hydrogen-bond acceptors (Lipinski definition) is 2. The Bertz CT molecular complexity index is 444. The average molecular weight is 365 g/mol. The van der Waals surface area contributed by atoms with Crippen molar-refractivity contribution >= 4 is 11.8 Å². The molecule has 1 rings (SSSR count). The van der Waals surface area contributed by atoms with Gasteiger partial charge in [-0.1, -0.05) is 67.5 Å². The van der Waals surface area contributed by atoms with Gasteiger partial charge in [-0.2, -0.15) is 0 Å². The van der Waals surface area contributed by atoms with E-state index in [1.807, 2.05) is 9.80 Å². The van der Waals surface area contributed by atoms with Crippen LogP contribution in [0, 0.1) is 35.5 Å². The van der Waals surface area contributed by atoms with Crippen LogP contribution in [-0.2, 0) is 9.59 Å². The van der Waals surface area contributed by atoms with Gasteiger partial charge in [0, 0.05) is 26.2 Å². The molecular weight excluding hydrogens is 324 g/mol. The smallest absolute Gasteiger partial charge is 0.230 e. The summed E-state index contributed by atoms with van der Waals surface area (Å²) < 4.78 is 0. The fourth-order valence-corrected chi connectivity index (χ4v) is 3.58. The molecule has 1 aliphatic rings. The molecule has 0 aromatic rings. The lowest BCUT2D eigenvalue weighted by atomic mass is 10.1. The molecule has 4 heteroatoms. The molecule has 2 atom stereocenters. The van der Waals surface area contributed by atoms with Gasteiger partial charge in [0.25, 0.3) is 0 Å². The Kier molecular flexibility index (Phi) is 8.36. The molecule has 150 valence electrons. The second kappa shape index (κ2) is 9.57. The molecule has 1 fully saturated rings.